The van der Waals surface area contributed by atoms with E-state index in [4.69, 9.17) is 10.7 Å². The van der Waals surface area contributed by atoms with Crippen LogP contribution in [0.4, 0.5) is 0 Å². The fourth-order valence-electron chi connectivity index (χ4n) is 1.25. The Balaban J connectivity index is 2.71. The Morgan fingerprint density at radius 2 is 2.00 bits per heavy atom. The molecule has 1 aliphatic rings. The molecule has 0 amide bonds. The highest BCUT2D eigenvalue weighted by molar-refractivity contribution is 8.11. The van der Waals surface area contributed by atoms with Crippen LogP contribution in [0.2, 0.25) is 0 Å². The lowest BCUT2D eigenvalue weighted by Gasteiger charge is -2.16. The van der Waals surface area contributed by atoms with Crippen LogP contribution in [0.25, 0.3) is 0 Å². The third-order valence-electron chi connectivity index (χ3n) is 1.95. The Bertz CT molecular complexity index is 247. The van der Waals surface area contributed by atoms with E-state index in [1.54, 1.807) is 0 Å². The van der Waals surface area contributed by atoms with Crippen molar-refractivity contribution in [2.24, 2.45) is 5.41 Å². The topological polar surface area (TPSA) is 37.4 Å². The van der Waals surface area contributed by atoms with Gasteiger partial charge in [0.1, 0.15) is 0 Å². The van der Waals surface area contributed by atoms with E-state index >= 15 is 0 Å². The summed E-state index contributed by atoms with van der Waals surface area (Å²) in [6.07, 6.45) is 0.888. The van der Waals surface area contributed by atoms with E-state index in [9.17, 15) is 8.42 Å². The zero-order valence-corrected chi connectivity index (χ0v) is 8.24. The van der Waals surface area contributed by atoms with Gasteiger partial charge in [0.25, 0.3) is 9.24 Å². The number of hydrogen-bond donors (Lipinski definition) is 0. The molecule has 1 aliphatic heterocycles. The molecule has 0 aliphatic carbocycles. The number of rotatable bonds is 1. The Kier molecular flexibility index (Phi) is 2.20. The fraction of sp³-hybridized carbons (Fsp3) is 1.00. The molecule has 11 heavy (non-hydrogen) atoms. The van der Waals surface area contributed by atoms with E-state index in [2.05, 4.69) is 0 Å². The van der Waals surface area contributed by atoms with Crippen molar-refractivity contribution in [2.45, 2.75) is 20.3 Å². The van der Waals surface area contributed by atoms with Crippen LogP contribution in [0.5, 0.6) is 0 Å². The van der Waals surface area contributed by atoms with E-state index in [0.717, 1.165) is 6.42 Å². The minimum Gasteiger partial charge on any atom is -0.195 e. The molecule has 1 saturated heterocycles. The third-order valence-corrected chi connectivity index (χ3v) is 3.46. The molecule has 0 spiro atoms. The number of halogens is 1. The second-order valence-corrected chi connectivity index (χ2v) is 6.20. The second-order valence-electron chi connectivity index (χ2n) is 3.69. The highest BCUT2D eigenvalue weighted by Crippen LogP contribution is 2.31. The highest BCUT2D eigenvalue weighted by Gasteiger charge is 2.34. The standard InChI is InChI=1S/C6H12ClNO2S/c1-6(2)3-4-8(5-6)11(7,9)10/h3-5H2,1-2H3. The van der Waals surface area contributed by atoms with Gasteiger partial charge in [-0.25, -0.2) is 0 Å². The molecule has 1 heterocycles. The Labute approximate surface area is 71.9 Å². The summed E-state index contributed by atoms with van der Waals surface area (Å²) in [5, 5.41) is 0. The predicted octanol–water partition coefficient (Wildman–Crippen LogP) is 1.20. The molecular weight excluding hydrogens is 186 g/mol. The van der Waals surface area contributed by atoms with Gasteiger partial charge in [-0.05, 0) is 11.8 Å². The van der Waals surface area contributed by atoms with Crippen molar-refractivity contribution in [1.29, 1.82) is 0 Å². The molecule has 0 unspecified atom stereocenters. The summed E-state index contributed by atoms with van der Waals surface area (Å²) in [6, 6.07) is 0. The molecule has 0 aromatic carbocycles. The highest BCUT2D eigenvalue weighted by atomic mass is 35.7. The molecule has 5 heteroatoms. The van der Waals surface area contributed by atoms with Crippen LogP contribution in [0.3, 0.4) is 0 Å². The minimum atomic E-state index is -3.47. The molecule has 1 fully saturated rings. The van der Waals surface area contributed by atoms with Gasteiger partial charge in [0, 0.05) is 23.8 Å². The van der Waals surface area contributed by atoms with E-state index in [0.29, 0.717) is 13.1 Å². The summed E-state index contributed by atoms with van der Waals surface area (Å²) in [5.74, 6) is 0. The SMILES string of the molecule is CC1(C)CCN(S(=O)(=O)Cl)C1. The van der Waals surface area contributed by atoms with Gasteiger partial charge in [0.05, 0.1) is 0 Å². The summed E-state index contributed by atoms with van der Waals surface area (Å²) in [5.41, 5.74) is 0.0853. The van der Waals surface area contributed by atoms with Crippen molar-refractivity contribution in [2.75, 3.05) is 13.1 Å². The predicted molar refractivity (Wildman–Crippen MR) is 44.7 cm³/mol. The van der Waals surface area contributed by atoms with E-state index in [1.165, 1.54) is 4.31 Å². The third kappa shape index (κ3) is 2.32. The monoisotopic (exact) mass is 197 g/mol. The van der Waals surface area contributed by atoms with Crippen LogP contribution in [-0.2, 0) is 9.24 Å². The van der Waals surface area contributed by atoms with Crippen molar-refractivity contribution in [3.63, 3.8) is 0 Å². The smallest absolute Gasteiger partial charge is 0.195 e. The molecule has 0 aromatic heterocycles. The van der Waals surface area contributed by atoms with Gasteiger partial charge in [0.2, 0.25) is 0 Å². The fourth-order valence-corrected chi connectivity index (χ4v) is 2.42. The van der Waals surface area contributed by atoms with Crippen molar-refractivity contribution < 1.29 is 8.42 Å². The lowest BCUT2D eigenvalue weighted by molar-refractivity contribution is 0.379. The summed E-state index contributed by atoms with van der Waals surface area (Å²) >= 11 is 0. The Morgan fingerprint density at radius 3 is 2.18 bits per heavy atom. The van der Waals surface area contributed by atoms with Crippen molar-refractivity contribution >= 4 is 19.9 Å². The van der Waals surface area contributed by atoms with Gasteiger partial charge in [-0.1, -0.05) is 13.8 Å². The molecule has 0 radical (unpaired) electrons. The lowest BCUT2D eigenvalue weighted by atomic mass is 9.93. The van der Waals surface area contributed by atoms with Crippen LogP contribution in [0.1, 0.15) is 20.3 Å². The van der Waals surface area contributed by atoms with E-state index in [-0.39, 0.29) is 5.41 Å². The Morgan fingerprint density at radius 1 is 1.45 bits per heavy atom. The zero-order valence-electron chi connectivity index (χ0n) is 6.67. The average Bonchev–Trinajstić information content (AvgIpc) is 2.07. The molecule has 1 rings (SSSR count). The molecule has 0 bridgehead atoms. The molecular formula is C6H12ClNO2S. The molecule has 0 atom stereocenters. The maximum Gasteiger partial charge on any atom is 0.299 e. The largest absolute Gasteiger partial charge is 0.299 e. The van der Waals surface area contributed by atoms with Crippen LogP contribution in [0, 0.1) is 5.41 Å². The first-order valence-corrected chi connectivity index (χ1v) is 5.78. The maximum atomic E-state index is 10.8. The minimum absolute atomic E-state index is 0.0853. The van der Waals surface area contributed by atoms with Crippen LogP contribution in [-0.4, -0.2) is 25.8 Å². The van der Waals surface area contributed by atoms with E-state index < -0.39 is 9.24 Å². The van der Waals surface area contributed by atoms with Crippen LogP contribution in [0.15, 0.2) is 0 Å². The van der Waals surface area contributed by atoms with Crippen molar-refractivity contribution in [1.82, 2.24) is 4.31 Å². The van der Waals surface area contributed by atoms with Crippen LogP contribution < -0.4 is 0 Å². The van der Waals surface area contributed by atoms with Gasteiger partial charge in [-0.15, -0.1) is 0 Å². The molecule has 66 valence electrons. The van der Waals surface area contributed by atoms with Gasteiger partial charge in [-0.3, -0.25) is 0 Å². The lowest BCUT2D eigenvalue weighted by Crippen LogP contribution is -2.26. The summed E-state index contributed by atoms with van der Waals surface area (Å²) in [7, 11) is 1.70. The summed E-state index contributed by atoms with van der Waals surface area (Å²) in [6.45, 7) is 5.17. The first kappa shape index (κ1) is 9.29. The maximum absolute atomic E-state index is 10.8. The van der Waals surface area contributed by atoms with Gasteiger partial charge >= 0.3 is 0 Å². The van der Waals surface area contributed by atoms with Crippen LogP contribution >= 0.6 is 10.7 Å². The summed E-state index contributed by atoms with van der Waals surface area (Å²) < 4.78 is 22.9. The van der Waals surface area contributed by atoms with Gasteiger partial charge < -0.3 is 0 Å². The molecule has 0 N–H and O–H groups in total. The van der Waals surface area contributed by atoms with Gasteiger partial charge in [-0.2, -0.15) is 12.7 Å². The molecule has 0 saturated carbocycles. The first-order valence-electron chi connectivity index (χ1n) is 3.51. The average molecular weight is 198 g/mol. The van der Waals surface area contributed by atoms with Crippen molar-refractivity contribution in [3.8, 4) is 0 Å². The van der Waals surface area contributed by atoms with Crippen molar-refractivity contribution in [3.05, 3.63) is 0 Å². The van der Waals surface area contributed by atoms with E-state index in [1.807, 2.05) is 13.8 Å². The molecule has 3 nitrogen and oxygen atoms in total. The quantitative estimate of drug-likeness (QED) is 0.593. The van der Waals surface area contributed by atoms with Gasteiger partial charge in [0.15, 0.2) is 0 Å². The zero-order chi connectivity index (χ0) is 8.70. The Hall–Kier alpha value is 0.200. The molecule has 0 aromatic rings. The normalized spacial score (nSPS) is 25.7. The second kappa shape index (κ2) is 2.61. The number of nitrogens with zero attached hydrogens (tertiary/aromatic N) is 1. The first-order chi connectivity index (χ1) is 4.81. The summed E-state index contributed by atoms with van der Waals surface area (Å²) in [4.78, 5) is 0. The number of hydrogen-bond acceptors (Lipinski definition) is 2.